The Bertz CT molecular complexity index is 476. The summed E-state index contributed by atoms with van der Waals surface area (Å²) in [6, 6.07) is 7.61. The van der Waals surface area contributed by atoms with Gasteiger partial charge >= 0.3 is 0 Å². The van der Waals surface area contributed by atoms with E-state index in [4.69, 9.17) is 0 Å². The maximum Gasteiger partial charge on any atom is 0.123 e. The van der Waals surface area contributed by atoms with E-state index in [9.17, 15) is 5.11 Å². The fraction of sp³-hybridized carbons (Fsp3) is 0.308. The number of nitrogens with one attached hydrogen (secondary N) is 1. The Kier molecular flexibility index (Phi) is 3.76. The second-order valence-electron chi connectivity index (χ2n) is 4.21. The van der Waals surface area contributed by atoms with Crippen LogP contribution < -0.4 is 5.32 Å². The van der Waals surface area contributed by atoms with Crippen molar-refractivity contribution in [2.45, 2.75) is 26.4 Å². The van der Waals surface area contributed by atoms with Crippen molar-refractivity contribution in [3.05, 3.63) is 35.3 Å². The molecule has 0 saturated heterocycles. The predicted molar refractivity (Wildman–Crippen MR) is 71.2 cm³/mol. The second-order valence-corrected chi connectivity index (χ2v) is 5.33. The van der Waals surface area contributed by atoms with Crippen LogP contribution in [0.5, 0.6) is 5.75 Å². The van der Waals surface area contributed by atoms with Crippen LogP contribution in [0.3, 0.4) is 0 Å². The number of aromatic nitrogens is 1. The minimum absolute atomic E-state index is 0.284. The van der Waals surface area contributed by atoms with Crippen LogP contribution >= 0.6 is 11.3 Å². The van der Waals surface area contributed by atoms with Crippen molar-refractivity contribution in [2.24, 2.45) is 0 Å². The van der Waals surface area contributed by atoms with Gasteiger partial charge in [0, 0.05) is 29.2 Å². The molecule has 0 saturated carbocycles. The molecule has 0 unspecified atom stereocenters. The third-order valence-electron chi connectivity index (χ3n) is 2.35. The molecule has 3 nitrogen and oxygen atoms in total. The van der Waals surface area contributed by atoms with Crippen LogP contribution in [0.1, 0.15) is 18.7 Å². The van der Waals surface area contributed by atoms with E-state index in [1.807, 2.05) is 18.3 Å². The number of nitrogens with zero attached hydrogens (tertiary/aromatic N) is 1. The molecule has 2 rings (SSSR count). The third kappa shape index (κ3) is 3.28. The van der Waals surface area contributed by atoms with E-state index in [0.717, 1.165) is 17.1 Å². The summed E-state index contributed by atoms with van der Waals surface area (Å²) in [7, 11) is 0. The number of phenolic OH excluding ortho intramolecular Hbond substituents is 1. The highest BCUT2D eigenvalue weighted by molar-refractivity contribution is 7.15. The predicted octanol–water partition coefficient (Wildman–Crippen LogP) is 3.01. The zero-order valence-electron chi connectivity index (χ0n) is 9.97. The summed E-state index contributed by atoms with van der Waals surface area (Å²) in [5, 5.41) is 13.6. The van der Waals surface area contributed by atoms with Crippen LogP contribution in [0.25, 0.3) is 10.6 Å². The summed E-state index contributed by atoms with van der Waals surface area (Å²) in [6.07, 6.45) is 1.90. The molecule has 1 heterocycles. The molecule has 17 heavy (non-hydrogen) atoms. The summed E-state index contributed by atoms with van der Waals surface area (Å²) in [5.74, 6) is 0.284. The van der Waals surface area contributed by atoms with E-state index in [1.54, 1.807) is 23.5 Å². The zero-order chi connectivity index (χ0) is 12.3. The van der Waals surface area contributed by atoms with Crippen molar-refractivity contribution in [3.8, 4) is 16.3 Å². The molecule has 90 valence electrons. The summed E-state index contributed by atoms with van der Waals surface area (Å²) in [6.45, 7) is 5.11. The molecule has 0 atom stereocenters. The molecule has 0 fully saturated rings. The number of aromatic hydroxyl groups is 1. The van der Waals surface area contributed by atoms with Gasteiger partial charge in [-0.05, 0) is 24.3 Å². The normalized spacial score (nSPS) is 11.0. The number of thiazole rings is 1. The highest BCUT2D eigenvalue weighted by Gasteiger charge is 2.05. The first-order valence-electron chi connectivity index (χ1n) is 5.62. The molecule has 1 aromatic heterocycles. The van der Waals surface area contributed by atoms with Gasteiger partial charge in [-0.15, -0.1) is 11.3 Å². The highest BCUT2D eigenvalue weighted by Crippen LogP contribution is 2.26. The first-order valence-corrected chi connectivity index (χ1v) is 6.44. The third-order valence-corrected chi connectivity index (χ3v) is 3.40. The number of benzene rings is 1. The Hall–Kier alpha value is -1.39. The highest BCUT2D eigenvalue weighted by atomic mass is 32.1. The number of rotatable bonds is 4. The monoisotopic (exact) mass is 248 g/mol. The quantitative estimate of drug-likeness (QED) is 0.874. The van der Waals surface area contributed by atoms with Crippen LogP contribution in [0, 0.1) is 0 Å². The average molecular weight is 248 g/mol. The van der Waals surface area contributed by atoms with Crippen molar-refractivity contribution >= 4 is 11.3 Å². The average Bonchev–Trinajstić information content (AvgIpc) is 2.76. The molecule has 0 radical (unpaired) electrons. The lowest BCUT2D eigenvalue weighted by Crippen LogP contribution is -2.21. The fourth-order valence-electron chi connectivity index (χ4n) is 1.43. The van der Waals surface area contributed by atoms with E-state index >= 15 is 0 Å². The van der Waals surface area contributed by atoms with E-state index in [-0.39, 0.29) is 5.75 Å². The molecule has 2 N–H and O–H groups in total. The topological polar surface area (TPSA) is 45.2 Å². The molecule has 0 amide bonds. The zero-order valence-corrected chi connectivity index (χ0v) is 10.8. The molecule has 1 aromatic carbocycles. The first kappa shape index (κ1) is 12.1. The van der Waals surface area contributed by atoms with Crippen molar-refractivity contribution in [2.75, 3.05) is 0 Å². The van der Waals surface area contributed by atoms with Gasteiger partial charge in [-0.25, -0.2) is 4.98 Å². The van der Waals surface area contributed by atoms with Gasteiger partial charge in [0.15, 0.2) is 0 Å². The van der Waals surface area contributed by atoms with Crippen molar-refractivity contribution in [1.29, 1.82) is 0 Å². The number of hydrogen-bond acceptors (Lipinski definition) is 4. The SMILES string of the molecule is CC(C)NCc1cnc(-c2ccc(O)cc2)s1. The Morgan fingerprint density at radius 3 is 2.65 bits per heavy atom. The van der Waals surface area contributed by atoms with Crippen LogP contribution in [0.4, 0.5) is 0 Å². The van der Waals surface area contributed by atoms with Gasteiger partial charge in [-0.3, -0.25) is 0 Å². The Labute approximate surface area is 105 Å². The minimum atomic E-state index is 0.284. The van der Waals surface area contributed by atoms with E-state index in [0.29, 0.717) is 6.04 Å². The molecule has 0 aliphatic carbocycles. The number of hydrogen-bond donors (Lipinski definition) is 2. The van der Waals surface area contributed by atoms with Gasteiger partial charge in [0.2, 0.25) is 0 Å². The van der Waals surface area contributed by atoms with Gasteiger partial charge in [0.05, 0.1) is 0 Å². The van der Waals surface area contributed by atoms with Crippen LogP contribution in [-0.4, -0.2) is 16.1 Å². The Balaban J connectivity index is 2.10. The summed E-state index contributed by atoms with van der Waals surface area (Å²) < 4.78 is 0. The van der Waals surface area contributed by atoms with Crippen molar-refractivity contribution < 1.29 is 5.11 Å². The first-order chi connectivity index (χ1) is 8.15. The summed E-state index contributed by atoms with van der Waals surface area (Å²) in [4.78, 5) is 5.61. The molecule has 2 aromatic rings. The lowest BCUT2D eigenvalue weighted by molar-refractivity contribution is 0.475. The van der Waals surface area contributed by atoms with Gasteiger partial charge in [0.25, 0.3) is 0 Å². The maximum atomic E-state index is 9.23. The smallest absolute Gasteiger partial charge is 0.123 e. The summed E-state index contributed by atoms with van der Waals surface area (Å²) >= 11 is 1.68. The van der Waals surface area contributed by atoms with E-state index < -0.39 is 0 Å². The fourth-order valence-corrected chi connectivity index (χ4v) is 2.30. The number of phenols is 1. The lowest BCUT2D eigenvalue weighted by atomic mass is 10.2. The van der Waals surface area contributed by atoms with E-state index in [1.165, 1.54) is 4.88 Å². The Morgan fingerprint density at radius 2 is 2.00 bits per heavy atom. The van der Waals surface area contributed by atoms with Crippen molar-refractivity contribution in [3.63, 3.8) is 0 Å². The Morgan fingerprint density at radius 1 is 1.29 bits per heavy atom. The molecular formula is C13H16N2OS. The maximum absolute atomic E-state index is 9.23. The van der Waals surface area contributed by atoms with Crippen LogP contribution in [-0.2, 0) is 6.54 Å². The van der Waals surface area contributed by atoms with Gasteiger partial charge < -0.3 is 10.4 Å². The summed E-state index contributed by atoms with van der Waals surface area (Å²) in [5.41, 5.74) is 1.04. The lowest BCUT2D eigenvalue weighted by Gasteiger charge is -2.04. The molecule has 0 aliphatic rings. The minimum Gasteiger partial charge on any atom is -0.508 e. The second kappa shape index (κ2) is 5.29. The van der Waals surface area contributed by atoms with Gasteiger partial charge in [0.1, 0.15) is 10.8 Å². The largest absolute Gasteiger partial charge is 0.508 e. The molecular weight excluding hydrogens is 232 g/mol. The molecule has 4 heteroatoms. The van der Waals surface area contributed by atoms with E-state index in [2.05, 4.69) is 24.1 Å². The molecule has 0 bridgehead atoms. The van der Waals surface area contributed by atoms with Crippen LogP contribution in [0.15, 0.2) is 30.5 Å². The molecule has 0 aliphatic heterocycles. The molecule has 0 spiro atoms. The van der Waals surface area contributed by atoms with Crippen molar-refractivity contribution in [1.82, 2.24) is 10.3 Å². The van der Waals surface area contributed by atoms with Crippen LogP contribution in [0.2, 0.25) is 0 Å². The standard InChI is InChI=1S/C13H16N2OS/c1-9(2)14-7-12-8-15-13(17-12)10-3-5-11(16)6-4-10/h3-6,8-9,14,16H,7H2,1-2H3. The van der Waals surface area contributed by atoms with Gasteiger partial charge in [-0.2, -0.15) is 0 Å². The van der Waals surface area contributed by atoms with Gasteiger partial charge in [-0.1, -0.05) is 13.8 Å².